The third kappa shape index (κ3) is 5.41. The summed E-state index contributed by atoms with van der Waals surface area (Å²) in [6, 6.07) is 4.69. The smallest absolute Gasteiger partial charge is 0.137 e. The molecule has 0 heterocycles. The van der Waals surface area contributed by atoms with Crippen LogP contribution in [-0.2, 0) is 11.2 Å². The fourth-order valence-electron chi connectivity index (χ4n) is 1.61. The fraction of sp³-hybridized carbons (Fsp3) is 0.462. The Morgan fingerprint density at radius 2 is 2.06 bits per heavy atom. The summed E-state index contributed by atoms with van der Waals surface area (Å²) in [7, 11) is 0. The molecular weight excluding hydrogens is 285 g/mol. The lowest BCUT2D eigenvalue weighted by Crippen LogP contribution is -2.04. The molecule has 94 valence electrons. The molecule has 0 aliphatic carbocycles. The van der Waals surface area contributed by atoms with Crippen molar-refractivity contribution in [3.05, 3.63) is 34.1 Å². The lowest BCUT2D eigenvalue weighted by atomic mass is 10.0. The highest BCUT2D eigenvalue weighted by atomic mass is 79.9. The first-order valence-electron chi connectivity index (χ1n) is 5.79. The van der Waals surface area contributed by atoms with Gasteiger partial charge in [-0.2, -0.15) is 0 Å². The van der Waals surface area contributed by atoms with Crippen LogP contribution in [0.3, 0.4) is 0 Å². The highest BCUT2D eigenvalue weighted by Gasteiger charge is 2.06. The fourth-order valence-corrected chi connectivity index (χ4v) is 2.04. The topological polar surface area (TPSA) is 43.1 Å². The van der Waals surface area contributed by atoms with E-state index in [1.54, 1.807) is 12.1 Å². The van der Waals surface area contributed by atoms with Crippen molar-refractivity contribution in [2.24, 2.45) is 5.73 Å². The van der Waals surface area contributed by atoms with Crippen LogP contribution in [0.4, 0.5) is 4.39 Å². The number of halogens is 2. The Balaban J connectivity index is 2.37. The van der Waals surface area contributed by atoms with E-state index in [1.807, 2.05) is 0 Å². The number of hydrogen-bond acceptors (Lipinski definition) is 2. The van der Waals surface area contributed by atoms with E-state index in [-0.39, 0.29) is 11.6 Å². The molecule has 0 bridgehead atoms. The molecule has 0 aliphatic rings. The van der Waals surface area contributed by atoms with Crippen molar-refractivity contribution in [3.63, 3.8) is 0 Å². The zero-order valence-electron chi connectivity index (χ0n) is 9.72. The van der Waals surface area contributed by atoms with E-state index in [0.717, 1.165) is 24.8 Å². The molecule has 1 aromatic carbocycles. The first kappa shape index (κ1) is 14.3. The number of benzene rings is 1. The van der Waals surface area contributed by atoms with Crippen LogP contribution in [0.2, 0.25) is 0 Å². The van der Waals surface area contributed by atoms with Crippen molar-refractivity contribution in [2.75, 3.05) is 6.54 Å². The average Bonchev–Trinajstić information content (AvgIpc) is 2.30. The maximum absolute atomic E-state index is 13.0. The predicted molar refractivity (Wildman–Crippen MR) is 70.3 cm³/mol. The van der Waals surface area contributed by atoms with Gasteiger partial charge in [-0.15, -0.1) is 0 Å². The van der Waals surface area contributed by atoms with E-state index in [2.05, 4.69) is 15.9 Å². The Morgan fingerprint density at radius 1 is 1.29 bits per heavy atom. The quantitative estimate of drug-likeness (QED) is 0.786. The van der Waals surface area contributed by atoms with Crippen LogP contribution >= 0.6 is 15.9 Å². The molecule has 0 aliphatic heterocycles. The van der Waals surface area contributed by atoms with Gasteiger partial charge in [0.25, 0.3) is 0 Å². The number of hydrogen-bond donors (Lipinski definition) is 1. The van der Waals surface area contributed by atoms with E-state index in [4.69, 9.17) is 5.73 Å². The summed E-state index contributed by atoms with van der Waals surface area (Å²) in [5.41, 5.74) is 6.22. The lowest BCUT2D eigenvalue weighted by molar-refractivity contribution is -0.118. The number of carbonyl (C=O) groups is 1. The molecule has 0 spiro atoms. The second kappa shape index (κ2) is 7.56. The van der Waals surface area contributed by atoms with Crippen LogP contribution in [0, 0.1) is 5.82 Å². The third-order valence-corrected chi connectivity index (χ3v) is 3.15. The normalized spacial score (nSPS) is 10.5. The Kier molecular flexibility index (Phi) is 6.37. The molecule has 0 saturated heterocycles. The van der Waals surface area contributed by atoms with Crippen molar-refractivity contribution < 1.29 is 9.18 Å². The molecule has 0 radical (unpaired) electrons. The van der Waals surface area contributed by atoms with Gasteiger partial charge in [-0.3, -0.25) is 4.79 Å². The molecule has 2 nitrogen and oxygen atoms in total. The lowest BCUT2D eigenvalue weighted by Gasteiger charge is -2.03. The van der Waals surface area contributed by atoms with Gasteiger partial charge in [-0.25, -0.2) is 4.39 Å². The summed E-state index contributed by atoms with van der Waals surface area (Å²) < 4.78 is 13.4. The van der Waals surface area contributed by atoms with Crippen molar-refractivity contribution >= 4 is 21.7 Å². The van der Waals surface area contributed by atoms with Crippen LogP contribution in [0.15, 0.2) is 22.7 Å². The summed E-state index contributed by atoms with van der Waals surface area (Å²) in [4.78, 5) is 11.6. The molecule has 4 heteroatoms. The first-order valence-corrected chi connectivity index (χ1v) is 6.58. The van der Waals surface area contributed by atoms with E-state index in [9.17, 15) is 9.18 Å². The monoisotopic (exact) mass is 301 g/mol. The number of Topliss-reactive ketones (excluding diaryl/α,β-unsaturated/α-hetero) is 1. The molecule has 17 heavy (non-hydrogen) atoms. The van der Waals surface area contributed by atoms with Gasteiger partial charge in [0, 0.05) is 12.8 Å². The molecular formula is C13H17BrFNO. The minimum absolute atomic E-state index is 0.195. The first-order chi connectivity index (χ1) is 8.13. The molecule has 0 fully saturated rings. The maximum atomic E-state index is 13.0. The Hall–Kier alpha value is -0.740. The average molecular weight is 302 g/mol. The van der Waals surface area contributed by atoms with Crippen molar-refractivity contribution in [1.29, 1.82) is 0 Å². The number of rotatable bonds is 7. The van der Waals surface area contributed by atoms with Gasteiger partial charge in [0.05, 0.1) is 4.47 Å². The van der Waals surface area contributed by atoms with Crippen LogP contribution in [-0.4, -0.2) is 12.3 Å². The van der Waals surface area contributed by atoms with Gasteiger partial charge >= 0.3 is 0 Å². The highest BCUT2D eigenvalue weighted by Crippen LogP contribution is 2.17. The molecule has 0 amide bonds. The Labute approximate surface area is 110 Å². The molecule has 0 unspecified atom stereocenters. The minimum Gasteiger partial charge on any atom is -0.330 e. The molecule has 1 aromatic rings. The molecule has 0 atom stereocenters. The van der Waals surface area contributed by atoms with Crippen LogP contribution < -0.4 is 5.73 Å². The number of nitrogens with two attached hydrogens (primary N) is 1. The minimum atomic E-state index is -0.302. The van der Waals surface area contributed by atoms with E-state index in [1.165, 1.54) is 6.07 Å². The molecule has 1 rings (SSSR count). The van der Waals surface area contributed by atoms with Crippen LogP contribution in [0.1, 0.15) is 31.2 Å². The highest BCUT2D eigenvalue weighted by molar-refractivity contribution is 9.10. The summed E-state index contributed by atoms with van der Waals surface area (Å²) >= 11 is 3.11. The third-order valence-electron chi connectivity index (χ3n) is 2.55. The summed E-state index contributed by atoms with van der Waals surface area (Å²) in [6.45, 7) is 0.680. The molecule has 2 N–H and O–H groups in total. The number of carbonyl (C=O) groups excluding carboxylic acids is 1. The van der Waals surface area contributed by atoms with Crippen LogP contribution in [0.5, 0.6) is 0 Å². The summed E-state index contributed by atoms with van der Waals surface area (Å²) in [5.74, 6) is -0.107. The largest absolute Gasteiger partial charge is 0.330 e. The van der Waals surface area contributed by atoms with Gasteiger partial charge in [0.1, 0.15) is 11.6 Å². The van der Waals surface area contributed by atoms with Gasteiger partial charge < -0.3 is 5.73 Å². The zero-order valence-corrected chi connectivity index (χ0v) is 11.3. The zero-order chi connectivity index (χ0) is 12.7. The summed E-state index contributed by atoms with van der Waals surface area (Å²) in [5, 5.41) is 0. The van der Waals surface area contributed by atoms with Crippen molar-refractivity contribution in [3.8, 4) is 0 Å². The van der Waals surface area contributed by atoms with Gasteiger partial charge in [-0.05, 0) is 53.0 Å². The van der Waals surface area contributed by atoms with Gasteiger partial charge in [-0.1, -0.05) is 12.5 Å². The second-order valence-electron chi connectivity index (χ2n) is 4.06. The van der Waals surface area contributed by atoms with Crippen molar-refractivity contribution in [1.82, 2.24) is 0 Å². The van der Waals surface area contributed by atoms with E-state index >= 15 is 0 Å². The van der Waals surface area contributed by atoms with Crippen LogP contribution in [0.25, 0.3) is 0 Å². The predicted octanol–water partition coefficient (Wildman–Crippen LogP) is 3.22. The molecule has 0 saturated carbocycles. The standard InChI is InChI=1S/C13H17BrFNO/c14-12-9-10(5-6-13(12)15)8-11(17)4-2-1-3-7-16/h5-6,9H,1-4,7-8,16H2. The van der Waals surface area contributed by atoms with E-state index < -0.39 is 0 Å². The van der Waals surface area contributed by atoms with Gasteiger partial charge in [0.15, 0.2) is 0 Å². The number of unbranched alkanes of at least 4 members (excludes halogenated alkanes) is 2. The van der Waals surface area contributed by atoms with E-state index in [0.29, 0.717) is 23.9 Å². The number of ketones is 1. The Bertz CT molecular complexity index is 382. The SMILES string of the molecule is NCCCCCC(=O)Cc1ccc(F)c(Br)c1. The molecule has 0 aromatic heterocycles. The second-order valence-corrected chi connectivity index (χ2v) is 4.92. The van der Waals surface area contributed by atoms with Crippen molar-refractivity contribution in [2.45, 2.75) is 32.1 Å². The maximum Gasteiger partial charge on any atom is 0.137 e. The summed E-state index contributed by atoms with van der Waals surface area (Å²) in [6.07, 6.45) is 3.81. The Morgan fingerprint density at radius 3 is 2.71 bits per heavy atom. The van der Waals surface area contributed by atoms with Gasteiger partial charge in [0.2, 0.25) is 0 Å².